The average molecular weight is 570 g/mol. The van der Waals surface area contributed by atoms with Gasteiger partial charge in [-0.25, -0.2) is 4.90 Å². The maximum absolute atomic E-state index is 13.9. The number of para-hydroxylation sites is 2. The molecule has 0 aliphatic carbocycles. The second-order valence-electron chi connectivity index (χ2n) is 8.88. The smallest absolute Gasteiger partial charge is 0.325 e. The van der Waals surface area contributed by atoms with Crippen LogP contribution in [-0.4, -0.2) is 16.7 Å². The van der Waals surface area contributed by atoms with Crippen LogP contribution in [0.3, 0.4) is 0 Å². The van der Waals surface area contributed by atoms with Crippen molar-refractivity contribution in [3.63, 3.8) is 0 Å². The van der Waals surface area contributed by atoms with Crippen LogP contribution in [0.2, 0.25) is 5.02 Å². The Hall–Kier alpha value is -5.20. The van der Waals surface area contributed by atoms with Crippen LogP contribution in [0.15, 0.2) is 103 Å². The molecule has 0 aliphatic heterocycles. The molecule has 6 nitrogen and oxygen atoms in total. The quantitative estimate of drug-likeness (QED) is 0.0732. The summed E-state index contributed by atoms with van der Waals surface area (Å²) in [5, 5.41) is 21.4. The van der Waals surface area contributed by atoms with E-state index in [2.05, 4.69) is 10.3 Å². The number of anilines is 2. The van der Waals surface area contributed by atoms with Crippen molar-refractivity contribution in [2.75, 3.05) is 10.2 Å². The van der Waals surface area contributed by atoms with E-state index in [1.54, 1.807) is 78.9 Å². The first-order chi connectivity index (χ1) is 19.7. The van der Waals surface area contributed by atoms with Gasteiger partial charge in [0.15, 0.2) is 12.0 Å². The van der Waals surface area contributed by atoms with E-state index in [0.29, 0.717) is 22.5 Å². The van der Waals surface area contributed by atoms with Gasteiger partial charge in [0.05, 0.1) is 21.8 Å². The molecule has 0 spiro atoms. The molecule has 5 rings (SSSR count). The SMILES string of the molecule is N#CN(C(=N)Nc1cccc(-c2c(C(=O)c3ccccc3)cnc3c(C(F)(F)F)cccc23)c1)c1ccccc1Cl. The highest BCUT2D eigenvalue weighted by atomic mass is 35.5. The number of fused-ring (bicyclic) bond motifs is 1. The second kappa shape index (κ2) is 11.1. The molecule has 0 saturated heterocycles. The molecule has 0 atom stereocenters. The zero-order valence-electron chi connectivity index (χ0n) is 21.1. The lowest BCUT2D eigenvalue weighted by atomic mass is 9.91. The van der Waals surface area contributed by atoms with Crippen molar-refractivity contribution < 1.29 is 18.0 Å². The zero-order valence-corrected chi connectivity index (χ0v) is 21.8. The maximum atomic E-state index is 13.9. The molecule has 41 heavy (non-hydrogen) atoms. The number of pyridine rings is 1. The Morgan fingerprint density at radius 3 is 2.37 bits per heavy atom. The molecule has 5 aromatic rings. The number of ketones is 1. The Morgan fingerprint density at radius 2 is 1.66 bits per heavy atom. The second-order valence-corrected chi connectivity index (χ2v) is 9.29. The van der Waals surface area contributed by atoms with Gasteiger partial charge in [-0.3, -0.25) is 15.2 Å². The summed E-state index contributed by atoms with van der Waals surface area (Å²) >= 11 is 6.21. The Labute approximate surface area is 237 Å². The summed E-state index contributed by atoms with van der Waals surface area (Å²) in [6.07, 6.45) is -1.58. The van der Waals surface area contributed by atoms with Gasteiger partial charge in [0.25, 0.3) is 0 Å². The Bertz CT molecular complexity index is 1830. The molecule has 0 saturated carbocycles. The highest BCUT2D eigenvalue weighted by Gasteiger charge is 2.34. The van der Waals surface area contributed by atoms with E-state index in [4.69, 9.17) is 17.0 Å². The molecular weight excluding hydrogens is 551 g/mol. The van der Waals surface area contributed by atoms with Crippen molar-refractivity contribution in [3.05, 3.63) is 125 Å². The summed E-state index contributed by atoms with van der Waals surface area (Å²) in [6.45, 7) is 0. The first kappa shape index (κ1) is 27.4. The first-order valence-corrected chi connectivity index (χ1v) is 12.6. The van der Waals surface area contributed by atoms with Gasteiger partial charge < -0.3 is 5.32 Å². The van der Waals surface area contributed by atoms with Gasteiger partial charge in [-0.1, -0.05) is 78.3 Å². The highest BCUT2D eigenvalue weighted by Crippen LogP contribution is 2.39. The third kappa shape index (κ3) is 5.46. The van der Waals surface area contributed by atoms with E-state index < -0.39 is 17.5 Å². The number of benzene rings is 4. The Kier molecular flexibility index (Phi) is 7.42. The summed E-state index contributed by atoms with van der Waals surface area (Å²) < 4.78 is 41.6. The normalized spacial score (nSPS) is 11.1. The van der Waals surface area contributed by atoms with Crippen molar-refractivity contribution in [1.29, 1.82) is 10.7 Å². The van der Waals surface area contributed by atoms with E-state index >= 15 is 0 Å². The fourth-order valence-electron chi connectivity index (χ4n) is 4.48. The monoisotopic (exact) mass is 569 g/mol. The number of carbonyl (C=O) groups excluding carboxylic acids is 1. The van der Waals surface area contributed by atoms with E-state index in [9.17, 15) is 23.2 Å². The Balaban J connectivity index is 1.64. The van der Waals surface area contributed by atoms with Crippen LogP contribution in [0.25, 0.3) is 22.0 Å². The predicted octanol–water partition coefficient (Wildman–Crippen LogP) is 8.14. The molecular formula is C31H19ClF3N5O. The number of nitrogens with zero attached hydrogens (tertiary/aromatic N) is 3. The average Bonchev–Trinajstić information content (AvgIpc) is 2.97. The summed E-state index contributed by atoms with van der Waals surface area (Å²) in [6, 6.07) is 25.1. The minimum Gasteiger partial charge on any atom is -0.325 e. The largest absolute Gasteiger partial charge is 0.418 e. The molecule has 202 valence electrons. The van der Waals surface area contributed by atoms with E-state index in [-0.39, 0.29) is 33.0 Å². The van der Waals surface area contributed by atoms with E-state index in [1.165, 1.54) is 18.3 Å². The van der Waals surface area contributed by atoms with Crippen LogP contribution in [-0.2, 0) is 6.18 Å². The molecule has 0 amide bonds. The lowest BCUT2D eigenvalue weighted by Crippen LogP contribution is -2.31. The van der Waals surface area contributed by atoms with Crippen LogP contribution in [0, 0.1) is 16.9 Å². The minimum absolute atomic E-state index is 0.116. The molecule has 0 fully saturated rings. The summed E-state index contributed by atoms with van der Waals surface area (Å²) in [4.78, 5) is 18.7. The van der Waals surface area contributed by atoms with Crippen molar-refractivity contribution in [1.82, 2.24) is 4.98 Å². The molecule has 1 aromatic heterocycles. The molecule has 1 heterocycles. The first-order valence-electron chi connectivity index (χ1n) is 12.2. The summed E-state index contributed by atoms with van der Waals surface area (Å²) in [5.41, 5.74) is 0.571. The summed E-state index contributed by atoms with van der Waals surface area (Å²) in [5.74, 6) is -0.717. The van der Waals surface area contributed by atoms with E-state index in [0.717, 1.165) is 11.0 Å². The number of hydrogen-bond acceptors (Lipinski definition) is 4. The van der Waals surface area contributed by atoms with Crippen molar-refractivity contribution in [3.8, 4) is 17.3 Å². The number of guanidine groups is 1. The highest BCUT2D eigenvalue weighted by molar-refractivity contribution is 6.34. The number of carbonyl (C=O) groups is 1. The fourth-order valence-corrected chi connectivity index (χ4v) is 4.70. The minimum atomic E-state index is -4.66. The number of rotatable bonds is 5. The third-order valence-corrected chi connectivity index (χ3v) is 6.63. The van der Waals surface area contributed by atoms with Crippen molar-refractivity contribution in [2.24, 2.45) is 0 Å². The number of nitriles is 1. The van der Waals surface area contributed by atoms with Crippen LogP contribution in [0.4, 0.5) is 24.5 Å². The van der Waals surface area contributed by atoms with Gasteiger partial charge >= 0.3 is 6.18 Å². The maximum Gasteiger partial charge on any atom is 0.418 e. The van der Waals surface area contributed by atoms with Gasteiger partial charge in [-0.15, -0.1) is 0 Å². The lowest BCUT2D eigenvalue weighted by Gasteiger charge is -2.20. The van der Waals surface area contributed by atoms with Crippen LogP contribution in [0.1, 0.15) is 21.5 Å². The molecule has 0 aliphatic rings. The molecule has 0 radical (unpaired) electrons. The molecule has 10 heteroatoms. The predicted molar refractivity (Wildman–Crippen MR) is 153 cm³/mol. The zero-order chi connectivity index (χ0) is 29.1. The Morgan fingerprint density at radius 1 is 0.951 bits per heavy atom. The van der Waals surface area contributed by atoms with Gasteiger partial charge in [0.2, 0.25) is 5.96 Å². The standard InChI is InChI=1S/C31H19ClF3N5O/c32-25-14-4-5-15-26(25)40(18-36)30(37)39-21-11-6-10-20(16-21)27-22-12-7-13-24(31(33,34)35)28(22)38-17-23(27)29(41)19-8-2-1-3-9-19/h1-17H,(H2,37,39). The fraction of sp³-hybridized carbons (Fsp3) is 0.0323. The van der Waals surface area contributed by atoms with Crippen LogP contribution < -0.4 is 10.2 Å². The number of hydrogen-bond donors (Lipinski definition) is 2. The van der Waals surface area contributed by atoms with Crippen LogP contribution >= 0.6 is 11.6 Å². The molecule has 0 bridgehead atoms. The summed E-state index contributed by atoms with van der Waals surface area (Å²) in [7, 11) is 0. The molecule has 2 N–H and O–H groups in total. The lowest BCUT2D eigenvalue weighted by molar-refractivity contribution is -0.136. The number of halogens is 4. The van der Waals surface area contributed by atoms with Gasteiger partial charge in [0, 0.05) is 34.0 Å². The van der Waals surface area contributed by atoms with Gasteiger partial charge in [0.1, 0.15) is 0 Å². The van der Waals surface area contributed by atoms with E-state index in [1.807, 2.05) is 6.19 Å². The van der Waals surface area contributed by atoms with Crippen molar-refractivity contribution >= 4 is 45.6 Å². The van der Waals surface area contributed by atoms with Gasteiger partial charge in [-0.05, 0) is 35.9 Å². The third-order valence-electron chi connectivity index (χ3n) is 6.31. The molecule has 0 unspecified atom stereocenters. The number of nitrogens with one attached hydrogen (secondary N) is 2. The topological polar surface area (TPSA) is 92.9 Å². The number of aromatic nitrogens is 1. The number of alkyl halides is 3. The van der Waals surface area contributed by atoms with Gasteiger partial charge in [-0.2, -0.15) is 18.4 Å². The van der Waals surface area contributed by atoms with Crippen molar-refractivity contribution in [2.45, 2.75) is 6.18 Å². The molecule has 4 aromatic carbocycles. The van der Waals surface area contributed by atoms with Crippen LogP contribution in [0.5, 0.6) is 0 Å².